The summed E-state index contributed by atoms with van der Waals surface area (Å²) in [6.45, 7) is 4.84. The van der Waals surface area contributed by atoms with Gasteiger partial charge in [0.05, 0.1) is 11.7 Å². The fourth-order valence-corrected chi connectivity index (χ4v) is 3.40. The van der Waals surface area contributed by atoms with Crippen LogP contribution in [0.3, 0.4) is 0 Å². The van der Waals surface area contributed by atoms with Gasteiger partial charge in [-0.2, -0.15) is 0 Å². The molecule has 2 saturated heterocycles. The van der Waals surface area contributed by atoms with Crippen molar-refractivity contribution < 1.29 is 4.74 Å². The van der Waals surface area contributed by atoms with Gasteiger partial charge >= 0.3 is 0 Å². The summed E-state index contributed by atoms with van der Waals surface area (Å²) in [6.07, 6.45) is 6.07. The van der Waals surface area contributed by atoms with Crippen molar-refractivity contribution in [2.75, 3.05) is 20.1 Å². The van der Waals surface area contributed by atoms with Crippen molar-refractivity contribution in [3.05, 3.63) is 0 Å². The first-order valence-corrected chi connectivity index (χ1v) is 5.51. The number of epoxide rings is 1. The molecule has 0 bridgehead atoms. The van der Waals surface area contributed by atoms with Gasteiger partial charge in [-0.05, 0) is 52.7 Å². The molecule has 1 spiro atoms. The van der Waals surface area contributed by atoms with Crippen molar-refractivity contribution in [1.82, 2.24) is 4.90 Å². The molecule has 2 nitrogen and oxygen atoms in total. The minimum Gasteiger partial charge on any atom is -0.366 e. The topological polar surface area (TPSA) is 15.8 Å². The summed E-state index contributed by atoms with van der Waals surface area (Å²) in [5.41, 5.74) is 0.886. The highest BCUT2D eigenvalue weighted by Gasteiger charge is 2.67. The average molecular weight is 181 g/mol. The fourth-order valence-electron chi connectivity index (χ4n) is 3.40. The van der Waals surface area contributed by atoms with Gasteiger partial charge in [-0.1, -0.05) is 0 Å². The zero-order chi connectivity index (χ0) is 9.10. The molecule has 2 heterocycles. The van der Waals surface area contributed by atoms with Gasteiger partial charge in [-0.15, -0.1) is 0 Å². The number of ether oxygens (including phenoxy) is 1. The van der Waals surface area contributed by atoms with Crippen LogP contribution in [0.4, 0.5) is 0 Å². The Kier molecular flexibility index (Phi) is 1.45. The van der Waals surface area contributed by atoms with Crippen LogP contribution < -0.4 is 0 Å². The Morgan fingerprint density at radius 2 is 1.85 bits per heavy atom. The smallest absolute Gasteiger partial charge is 0.0927 e. The molecule has 0 aromatic rings. The lowest BCUT2D eigenvalue weighted by Gasteiger charge is -2.38. The monoisotopic (exact) mass is 181 g/mol. The van der Waals surface area contributed by atoms with Crippen molar-refractivity contribution in [2.24, 2.45) is 5.41 Å². The van der Waals surface area contributed by atoms with Gasteiger partial charge in [0.2, 0.25) is 0 Å². The molecular formula is C11H19NO. The Labute approximate surface area is 80.2 Å². The van der Waals surface area contributed by atoms with Crippen molar-refractivity contribution in [3.8, 4) is 0 Å². The second-order valence-corrected chi connectivity index (χ2v) is 5.48. The maximum atomic E-state index is 5.85. The first-order valence-electron chi connectivity index (χ1n) is 5.51. The SMILES string of the molecule is CN1CCC2(CC1)CCC1(C)OC21. The summed E-state index contributed by atoms with van der Waals surface area (Å²) in [7, 11) is 2.23. The first-order chi connectivity index (χ1) is 6.15. The van der Waals surface area contributed by atoms with Crippen LogP contribution in [0.25, 0.3) is 0 Å². The molecule has 3 rings (SSSR count). The predicted octanol–water partition coefficient (Wildman–Crippen LogP) is 1.65. The molecule has 2 atom stereocenters. The van der Waals surface area contributed by atoms with Gasteiger partial charge in [0, 0.05) is 5.41 Å². The summed E-state index contributed by atoms with van der Waals surface area (Å²) in [5.74, 6) is 0. The second kappa shape index (κ2) is 2.29. The van der Waals surface area contributed by atoms with E-state index >= 15 is 0 Å². The van der Waals surface area contributed by atoms with E-state index in [0.29, 0.717) is 17.1 Å². The molecule has 3 fully saturated rings. The van der Waals surface area contributed by atoms with Gasteiger partial charge in [-0.3, -0.25) is 0 Å². The fraction of sp³-hybridized carbons (Fsp3) is 1.00. The van der Waals surface area contributed by atoms with Gasteiger partial charge in [0.1, 0.15) is 0 Å². The molecule has 0 amide bonds. The number of fused-ring (bicyclic) bond motifs is 2. The van der Waals surface area contributed by atoms with E-state index in [1.807, 2.05) is 0 Å². The molecule has 0 aromatic heterocycles. The van der Waals surface area contributed by atoms with E-state index in [9.17, 15) is 0 Å². The van der Waals surface area contributed by atoms with E-state index in [0.717, 1.165) is 0 Å². The largest absolute Gasteiger partial charge is 0.366 e. The predicted molar refractivity (Wildman–Crippen MR) is 51.7 cm³/mol. The standard InChI is InChI=1S/C11H19NO/c1-10-3-4-11(9(10)13-10)5-7-12(2)8-6-11/h9H,3-8H2,1-2H3. The van der Waals surface area contributed by atoms with Crippen LogP contribution in [0.5, 0.6) is 0 Å². The summed E-state index contributed by atoms with van der Waals surface area (Å²) in [6, 6.07) is 0. The first kappa shape index (κ1) is 8.25. The van der Waals surface area contributed by atoms with Crippen molar-refractivity contribution in [1.29, 1.82) is 0 Å². The Morgan fingerprint density at radius 1 is 1.15 bits per heavy atom. The van der Waals surface area contributed by atoms with Crippen LogP contribution in [-0.4, -0.2) is 36.7 Å². The summed E-state index contributed by atoms with van der Waals surface area (Å²) < 4.78 is 5.85. The summed E-state index contributed by atoms with van der Waals surface area (Å²) in [4.78, 5) is 2.45. The molecule has 3 aliphatic rings. The van der Waals surface area contributed by atoms with E-state index in [1.165, 1.54) is 38.8 Å². The van der Waals surface area contributed by atoms with Crippen molar-refractivity contribution in [3.63, 3.8) is 0 Å². The quantitative estimate of drug-likeness (QED) is 0.528. The van der Waals surface area contributed by atoms with Crippen LogP contribution in [0.1, 0.15) is 32.6 Å². The molecule has 74 valence electrons. The minimum atomic E-state index is 0.301. The number of nitrogens with zero attached hydrogens (tertiary/aromatic N) is 1. The van der Waals surface area contributed by atoms with Gasteiger partial charge in [-0.25, -0.2) is 0 Å². The molecule has 13 heavy (non-hydrogen) atoms. The van der Waals surface area contributed by atoms with E-state index in [2.05, 4.69) is 18.9 Å². The molecule has 0 radical (unpaired) electrons. The zero-order valence-corrected chi connectivity index (χ0v) is 8.68. The van der Waals surface area contributed by atoms with E-state index in [1.54, 1.807) is 0 Å². The summed E-state index contributed by atoms with van der Waals surface area (Å²) >= 11 is 0. The third-order valence-electron chi connectivity index (χ3n) is 4.54. The van der Waals surface area contributed by atoms with Crippen LogP contribution in [0, 0.1) is 5.41 Å². The Balaban J connectivity index is 1.77. The highest BCUT2D eigenvalue weighted by molar-refractivity contribution is 5.16. The average Bonchev–Trinajstić information content (AvgIpc) is 2.73. The highest BCUT2D eigenvalue weighted by atomic mass is 16.6. The maximum absolute atomic E-state index is 5.85. The number of rotatable bonds is 0. The number of hydrogen-bond donors (Lipinski definition) is 0. The second-order valence-electron chi connectivity index (χ2n) is 5.48. The molecule has 0 N–H and O–H groups in total. The third-order valence-corrected chi connectivity index (χ3v) is 4.54. The van der Waals surface area contributed by atoms with Crippen LogP contribution in [0.2, 0.25) is 0 Å². The molecule has 1 aliphatic carbocycles. The molecule has 2 heteroatoms. The lowest BCUT2D eigenvalue weighted by molar-refractivity contribution is 0.0707. The zero-order valence-electron chi connectivity index (χ0n) is 8.68. The van der Waals surface area contributed by atoms with E-state index in [-0.39, 0.29) is 0 Å². The lowest BCUT2D eigenvalue weighted by Crippen LogP contribution is -2.39. The Morgan fingerprint density at radius 3 is 2.31 bits per heavy atom. The normalized spacial score (nSPS) is 48.0. The van der Waals surface area contributed by atoms with Crippen LogP contribution in [0.15, 0.2) is 0 Å². The van der Waals surface area contributed by atoms with E-state index in [4.69, 9.17) is 4.74 Å². The van der Waals surface area contributed by atoms with Crippen LogP contribution in [-0.2, 0) is 4.74 Å². The highest BCUT2D eigenvalue weighted by Crippen LogP contribution is 2.62. The Hall–Kier alpha value is -0.0800. The maximum Gasteiger partial charge on any atom is 0.0927 e. The number of likely N-dealkylation sites (tertiary alicyclic amines) is 1. The van der Waals surface area contributed by atoms with Crippen molar-refractivity contribution >= 4 is 0 Å². The van der Waals surface area contributed by atoms with Crippen molar-refractivity contribution in [2.45, 2.75) is 44.3 Å². The Bertz CT molecular complexity index is 232. The van der Waals surface area contributed by atoms with Gasteiger partial charge in [0.25, 0.3) is 0 Å². The van der Waals surface area contributed by atoms with Gasteiger partial charge < -0.3 is 9.64 Å². The molecule has 2 aliphatic heterocycles. The third kappa shape index (κ3) is 1.02. The molecule has 0 aromatic carbocycles. The van der Waals surface area contributed by atoms with Gasteiger partial charge in [0.15, 0.2) is 0 Å². The number of hydrogen-bond acceptors (Lipinski definition) is 2. The molecule has 2 unspecified atom stereocenters. The van der Waals surface area contributed by atoms with Crippen LogP contribution >= 0.6 is 0 Å². The van der Waals surface area contributed by atoms with E-state index < -0.39 is 0 Å². The molecule has 1 saturated carbocycles. The lowest BCUT2D eigenvalue weighted by atomic mass is 9.76. The number of piperidine rings is 1. The minimum absolute atomic E-state index is 0.301. The molecular weight excluding hydrogens is 162 g/mol. The summed E-state index contributed by atoms with van der Waals surface area (Å²) in [5, 5.41) is 0.